The molecule has 5 heteroatoms. The first-order chi connectivity index (χ1) is 8.65. The van der Waals surface area contributed by atoms with Gasteiger partial charge in [0.2, 0.25) is 0 Å². The highest BCUT2D eigenvalue weighted by molar-refractivity contribution is 6.30. The number of rotatable bonds is 2. The van der Waals surface area contributed by atoms with Crippen molar-refractivity contribution < 1.29 is 0 Å². The van der Waals surface area contributed by atoms with Crippen LogP contribution in [0.1, 0.15) is 6.42 Å². The summed E-state index contributed by atoms with van der Waals surface area (Å²) in [5.41, 5.74) is 2.14. The Balaban J connectivity index is 2.12. The Morgan fingerprint density at radius 2 is 2.17 bits per heavy atom. The number of anilines is 2. The number of amidine groups is 1. The molecule has 4 nitrogen and oxygen atoms in total. The van der Waals surface area contributed by atoms with E-state index in [1.54, 1.807) is 0 Å². The summed E-state index contributed by atoms with van der Waals surface area (Å²) < 4.78 is 0. The van der Waals surface area contributed by atoms with E-state index in [4.69, 9.17) is 11.6 Å². The maximum Gasteiger partial charge on any atom is 0.127 e. The Hall–Kier alpha value is -1.81. The van der Waals surface area contributed by atoms with Gasteiger partial charge in [0.05, 0.1) is 0 Å². The third kappa shape index (κ3) is 3.34. The Bertz CT molecular complexity index is 515. The van der Waals surface area contributed by atoms with E-state index in [2.05, 4.69) is 32.3 Å². The van der Waals surface area contributed by atoms with Crippen molar-refractivity contribution in [2.24, 2.45) is 9.98 Å². The van der Waals surface area contributed by atoms with Gasteiger partial charge in [-0.15, -0.1) is 0 Å². The lowest BCUT2D eigenvalue weighted by molar-refractivity contribution is 1.13. The van der Waals surface area contributed by atoms with Crippen LogP contribution in [0.5, 0.6) is 0 Å². The number of hydrogen-bond acceptors (Lipinski definition) is 4. The summed E-state index contributed by atoms with van der Waals surface area (Å²) in [5.74, 6) is 0.824. The summed E-state index contributed by atoms with van der Waals surface area (Å²) in [4.78, 5) is 10.2. The van der Waals surface area contributed by atoms with Crippen molar-refractivity contribution in [1.82, 2.24) is 0 Å². The van der Waals surface area contributed by atoms with Crippen molar-refractivity contribution in [3.8, 4) is 0 Å². The van der Waals surface area contributed by atoms with Crippen LogP contribution in [-0.2, 0) is 0 Å². The van der Waals surface area contributed by atoms with Gasteiger partial charge in [-0.25, -0.2) is 9.98 Å². The minimum Gasteiger partial charge on any atom is -0.378 e. The third-order valence-electron chi connectivity index (χ3n) is 2.51. The van der Waals surface area contributed by atoms with E-state index < -0.39 is 0 Å². The van der Waals surface area contributed by atoms with Crippen LogP contribution in [0.2, 0.25) is 0 Å². The highest BCUT2D eigenvalue weighted by atomic mass is 35.5. The summed E-state index contributed by atoms with van der Waals surface area (Å²) in [5, 5.41) is 3.74. The van der Waals surface area contributed by atoms with Gasteiger partial charge in [0.1, 0.15) is 17.3 Å². The van der Waals surface area contributed by atoms with Crippen molar-refractivity contribution >= 4 is 35.1 Å². The normalized spacial score (nSPS) is 14.6. The molecule has 1 heterocycles. The lowest BCUT2D eigenvalue weighted by atomic mass is 10.2. The first-order valence-corrected chi connectivity index (χ1v) is 6.02. The van der Waals surface area contributed by atoms with Crippen LogP contribution in [-0.4, -0.2) is 26.3 Å². The molecule has 0 aromatic heterocycles. The van der Waals surface area contributed by atoms with Gasteiger partial charge in [0.25, 0.3) is 0 Å². The van der Waals surface area contributed by atoms with Gasteiger partial charge < -0.3 is 10.2 Å². The molecule has 0 aliphatic carbocycles. The van der Waals surface area contributed by atoms with Crippen molar-refractivity contribution in [3.05, 3.63) is 35.5 Å². The van der Waals surface area contributed by atoms with E-state index in [9.17, 15) is 0 Å². The van der Waals surface area contributed by atoms with Crippen molar-refractivity contribution in [2.45, 2.75) is 6.42 Å². The molecule has 0 spiro atoms. The number of nitrogens with zero attached hydrogens (tertiary/aromatic N) is 3. The number of halogens is 1. The lowest BCUT2D eigenvalue weighted by Gasteiger charge is -2.14. The molecule has 0 atom stereocenters. The maximum atomic E-state index is 5.81. The summed E-state index contributed by atoms with van der Waals surface area (Å²) >= 11 is 5.81. The molecule has 1 aromatic carbocycles. The molecule has 2 rings (SSSR count). The first kappa shape index (κ1) is 12.6. The quantitative estimate of drug-likeness (QED) is 0.832. The van der Waals surface area contributed by atoms with Gasteiger partial charge in [-0.1, -0.05) is 17.7 Å². The van der Waals surface area contributed by atoms with Crippen molar-refractivity contribution in [1.29, 1.82) is 0 Å². The van der Waals surface area contributed by atoms with Gasteiger partial charge in [-0.3, -0.25) is 0 Å². The smallest absolute Gasteiger partial charge is 0.127 e. The minimum absolute atomic E-state index is 0.470. The second-order valence-corrected chi connectivity index (χ2v) is 4.51. The van der Waals surface area contributed by atoms with Crippen molar-refractivity contribution in [2.75, 3.05) is 24.3 Å². The van der Waals surface area contributed by atoms with Gasteiger partial charge in [-0.05, 0) is 24.3 Å². The van der Waals surface area contributed by atoms with Crippen LogP contribution in [0.3, 0.4) is 0 Å². The molecule has 0 bridgehead atoms. The second kappa shape index (κ2) is 5.69. The standard InChI is InChI=1S/C13H15ClN4/c1-18(2)11-5-3-4-10(8-11)17-13-7-6-12(14)15-9-16-13/h3-6,8-9H,7H2,1-2H3,(H,15,16,17). The molecule has 0 saturated heterocycles. The molecule has 0 fully saturated rings. The van der Waals surface area contributed by atoms with Crippen LogP contribution < -0.4 is 10.2 Å². The fourth-order valence-corrected chi connectivity index (χ4v) is 1.67. The highest BCUT2D eigenvalue weighted by Gasteiger charge is 2.03. The topological polar surface area (TPSA) is 40.0 Å². The van der Waals surface area contributed by atoms with Gasteiger partial charge in [0, 0.05) is 31.9 Å². The fourth-order valence-electron chi connectivity index (χ4n) is 1.55. The SMILES string of the molecule is CN(C)c1cccc(NC2=NC=NC(Cl)=CC2)c1. The van der Waals surface area contributed by atoms with Crippen LogP contribution in [0.4, 0.5) is 11.4 Å². The van der Waals surface area contributed by atoms with Crippen LogP contribution in [0.25, 0.3) is 0 Å². The Morgan fingerprint density at radius 1 is 1.33 bits per heavy atom. The third-order valence-corrected chi connectivity index (χ3v) is 2.76. The average molecular weight is 263 g/mol. The monoisotopic (exact) mass is 262 g/mol. The number of nitrogens with one attached hydrogen (secondary N) is 1. The second-order valence-electron chi connectivity index (χ2n) is 4.12. The number of benzene rings is 1. The molecule has 18 heavy (non-hydrogen) atoms. The largest absolute Gasteiger partial charge is 0.378 e. The van der Waals surface area contributed by atoms with Gasteiger partial charge in [-0.2, -0.15) is 0 Å². The molecule has 1 N–H and O–H groups in total. The predicted molar refractivity (Wildman–Crippen MR) is 78.9 cm³/mol. The summed E-state index contributed by atoms with van der Waals surface area (Å²) in [6, 6.07) is 8.13. The van der Waals surface area contributed by atoms with Gasteiger partial charge in [0.15, 0.2) is 0 Å². The molecule has 0 amide bonds. The zero-order valence-corrected chi connectivity index (χ0v) is 11.1. The minimum atomic E-state index is 0.470. The zero-order chi connectivity index (χ0) is 13.0. The zero-order valence-electron chi connectivity index (χ0n) is 10.4. The Kier molecular flexibility index (Phi) is 3.99. The van der Waals surface area contributed by atoms with Gasteiger partial charge >= 0.3 is 0 Å². The van der Waals surface area contributed by atoms with Crippen LogP contribution >= 0.6 is 11.6 Å². The van der Waals surface area contributed by atoms with E-state index in [0.717, 1.165) is 17.2 Å². The van der Waals surface area contributed by atoms with Crippen LogP contribution in [0.15, 0.2) is 45.5 Å². The fraction of sp³-hybridized carbons (Fsp3) is 0.231. The predicted octanol–water partition coefficient (Wildman–Crippen LogP) is 3.08. The van der Waals surface area contributed by atoms with E-state index in [0.29, 0.717) is 11.6 Å². The van der Waals surface area contributed by atoms with E-state index >= 15 is 0 Å². The average Bonchev–Trinajstić information content (AvgIpc) is 2.55. The lowest BCUT2D eigenvalue weighted by Crippen LogP contribution is -2.12. The molecular formula is C13H15ClN4. The van der Waals surface area contributed by atoms with E-state index in [-0.39, 0.29) is 0 Å². The molecule has 94 valence electrons. The molecule has 0 unspecified atom stereocenters. The molecule has 1 aliphatic heterocycles. The summed E-state index contributed by atoms with van der Waals surface area (Å²) in [7, 11) is 4.02. The van der Waals surface area contributed by atoms with Crippen LogP contribution in [0, 0.1) is 0 Å². The summed E-state index contributed by atoms with van der Waals surface area (Å²) in [6.45, 7) is 0. The van der Waals surface area contributed by atoms with E-state index in [1.807, 2.05) is 32.3 Å². The molecule has 1 aliphatic rings. The Labute approximate surface area is 112 Å². The molecule has 1 aromatic rings. The van der Waals surface area contributed by atoms with Crippen molar-refractivity contribution in [3.63, 3.8) is 0 Å². The maximum absolute atomic E-state index is 5.81. The first-order valence-electron chi connectivity index (χ1n) is 5.64. The Morgan fingerprint density at radius 3 is 2.94 bits per heavy atom. The highest BCUT2D eigenvalue weighted by Crippen LogP contribution is 2.18. The number of aliphatic imine (C=N–C) groups is 2. The molecule has 0 saturated carbocycles. The molecular weight excluding hydrogens is 248 g/mol. The van der Waals surface area contributed by atoms with E-state index in [1.165, 1.54) is 6.34 Å². The summed E-state index contributed by atoms with van der Waals surface area (Å²) in [6.07, 6.45) is 3.93. The number of hydrogen-bond donors (Lipinski definition) is 1. The molecule has 0 radical (unpaired) electrons.